The van der Waals surface area contributed by atoms with Crippen LogP contribution in [0.15, 0.2) is 36.5 Å². The summed E-state index contributed by atoms with van der Waals surface area (Å²) in [6, 6.07) is 8.24. The normalized spacial score (nSPS) is 11.1. The average molecular weight is 213 g/mol. The van der Waals surface area contributed by atoms with Crippen molar-refractivity contribution in [3.8, 4) is 5.75 Å². The Morgan fingerprint density at radius 2 is 2.19 bits per heavy atom. The number of nitrogens with zero attached hydrogens (tertiary/aromatic N) is 1. The predicted octanol–water partition coefficient (Wildman–Crippen LogP) is 3.67. The highest BCUT2D eigenvalue weighted by atomic mass is 16.5. The summed E-state index contributed by atoms with van der Waals surface area (Å²) in [6.45, 7) is 2.13. The lowest BCUT2D eigenvalue weighted by Gasteiger charge is -2.02. The molecule has 0 aliphatic heterocycles. The van der Waals surface area contributed by atoms with Crippen LogP contribution in [0, 0.1) is 0 Å². The van der Waals surface area contributed by atoms with Gasteiger partial charge < -0.3 is 4.74 Å². The molecule has 0 aliphatic rings. The van der Waals surface area contributed by atoms with Gasteiger partial charge >= 0.3 is 0 Å². The van der Waals surface area contributed by atoms with Gasteiger partial charge in [0.05, 0.1) is 18.8 Å². The molecule has 0 saturated heterocycles. The molecule has 0 N–H and O–H groups in total. The highest BCUT2D eigenvalue weighted by molar-refractivity contribution is 5.82. The van der Waals surface area contributed by atoms with E-state index in [-0.39, 0.29) is 0 Å². The molecule has 2 nitrogen and oxygen atoms in total. The molecule has 0 radical (unpaired) electrons. The van der Waals surface area contributed by atoms with Gasteiger partial charge in [0.2, 0.25) is 0 Å². The largest absolute Gasteiger partial charge is 0.495 e. The number of allylic oxidation sites excluding steroid dienone is 1. The lowest BCUT2D eigenvalue weighted by molar-refractivity contribution is 0.414. The predicted molar refractivity (Wildman–Crippen MR) is 67.6 cm³/mol. The van der Waals surface area contributed by atoms with Crippen molar-refractivity contribution in [2.24, 2.45) is 0 Å². The van der Waals surface area contributed by atoms with Crippen LogP contribution >= 0.6 is 0 Å². The summed E-state index contributed by atoms with van der Waals surface area (Å²) in [5.74, 6) is 0.796. The number of fused-ring (bicyclic) bond motifs is 1. The first-order valence-electron chi connectivity index (χ1n) is 5.44. The lowest BCUT2D eigenvalue weighted by atomic mass is 10.1. The van der Waals surface area contributed by atoms with Gasteiger partial charge in [-0.1, -0.05) is 31.2 Å². The second kappa shape index (κ2) is 4.79. The van der Waals surface area contributed by atoms with Crippen LogP contribution in [0.5, 0.6) is 5.75 Å². The first-order valence-corrected chi connectivity index (χ1v) is 5.44. The van der Waals surface area contributed by atoms with Crippen molar-refractivity contribution < 1.29 is 4.74 Å². The van der Waals surface area contributed by atoms with Crippen LogP contribution in [0.3, 0.4) is 0 Å². The number of rotatable bonds is 3. The SMILES string of the molecule is CC/C=C/c1ccc2cc(OC)cnc2c1. The quantitative estimate of drug-likeness (QED) is 0.776. The molecular formula is C14H15NO. The third kappa shape index (κ3) is 2.22. The van der Waals surface area contributed by atoms with Gasteiger partial charge in [-0.25, -0.2) is 0 Å². The van der Waals surface area contributed by atoms with Crippen molar-refractivity contribution in [3.05, 3.63) is 42.1 Å². The maximum Gasteiger partial charge on any atom is 0.137 e. The molecule has 0 aliphatic carbocycles. The van der Waals surface area contributed by atoms with E-state index in [1.807, 2.05) is 6.07 Å². The molecular weight excluding hydrogens is 198 g/mol. The number of hydrogen-bond donors (Lipinski definition) is 0. The van der Waals surface area contributed by atoms with E-state index in [4.69, 9.17) is 4.74 Å². The topological polar surface area (TPSA) is 22.1 Å². The Labute approximate surface area is 95.6 Å². The molecule has 0 atom stereocenters. The van der Waals surface area contributed by atoms with Crippen molar-refractivity contribution in [3.63, 3.8) is 0 Å². The minimum atomic E-state index is 0.796. The number of benzene rings is 1. The van der Waals surface area contributed by atoms with Gasteiger partial charge in [-0.2, -0.15) is 0 Å². The first-order chi connectivity index (χ1) is 7.83. The molecule has 1 aromatic heterocycles. The number of hydrogen-bond acceptors (Lipinski definition) is 2. The van der Waals surface area contributed by atoms with Crippen LogP contribution in [0.1, 0.15) is 18.9 Å². The molecule has 16 heavy (non-hydrogen) atoms. The Balaban J connectivity index is 2.43. The van der Waals surface area contributed by atoms with Gasteiger partial charge in [0, 0.05) is 5.39 Å². The van der Waals surface area contributed by atoms with Crippen LogP contribution in [0.25, 0.3) is 17.0 Å². The Morgan fingerprint density at radius 1 is 1.31 bits per heavy atom. The molecule has 2 rings (SSSR count). The zero-order valence-electron chi connectivity index (χ0n) is 9.60. The molecule has 2 aromatic rings. The molecule has 0 amide bonds. The fraction of sp³-hybridized carbons (Fsp3) is 0.214. The van der Waals surface area contributed by atoms with Crippen LogP contribution in [0.2, 0.25) is 0 Å². The molecule has 0 bridgehead atoms. The Bertz CT molecular complexity index is 517. The third-order valence-electron chi connectivity index (χ3n) is 2.46. The summed E-state index contributed by atoms with van der Waals surface area (Å²) in [4.78, 5) is 4.36. The highest BCUT2D eigenvalue weighted by Crippen LogP contribution is 2.19. The van der Waals surface area contributed by atoms with E-state index >= 15 is 0 Å². The molecule has 0 spiro atoms. The molecule has 1 aromatic carbocycles. The summed E-state index contributed by atoms with van der Waals surface area (Å²) >= 11 is 0. The molecule has 2 heteroatoms. The van der Waals surface area contributed by atoms with Crippen LogP contribution in [-0.4, -0.2) is 12.1 Å². The van der Waals surface area contributed by atoms with E-state index in [0.29, 0.717) is 0 Å². The van der Waals surface area contributed by atoms with E-state index in [1.54, 1.807) is 13.3 Å². The Morgan fingerprint density at radius 3 is 2.94 bits per heavy atom. The fourth-order valence-electron chi connectivity index (χ4n) is 1.59. The van der Waals surface area contributed by atoms with Crippen molar-refractivity contribution in [2.45, 2.75) is 13.3 Å². The molecule has 0 saturated carbocycles. The lowest BCUT2D eigenvalue weighted by Crippen LogP contribution is -1.85. The van der Waals surface area contributed by atoms with Crippen LogP contribution < -0.4 is 4.74 Å². The van der Waals surface area contributed by atoms with Gasteiger partial charge in [-0.3, -0.25) is 4.98 Å². The Kier molecular flexibility index (Phi) is 3.20. The Hall–Kier alpha value is -1.83. The second-order valence-corrected chi connectivity index (χ2v) is 3.64. The maximum absolute atomic E-state index is 5.14. The van der Waals surface area contributed by atoms with Gasteiger partial charge in [0.25, 0.3) is 0 Å². The number of pyridine rings is 1. The molecule has 0 unspecified atom stereocenters. The first kappa shape index (κ1) is 10.7. The minimum absolute atomic E-state index is 0.796. The molecule has 82 valence electrons. The van der Waals surface area contributed by atoms with Crippen molar-refractivity contribution in [1.82, 2.24) is 4.98 Å². The zero-order chi connectivity index (χ0) is 11.4. The maximum atomic E-state index is 5.14. The smallest absolute Gasteiger partial charge is 0.137 e. The fourth-order valence-corrected chi connectivity index (χ4v) is 1.59. The number of aromatic nitrogens is 1. The van der Waals surface area contributed by atoms with E-state index in [0.717, 1.165) is 23.1 Å². The highest BCUT2D eigenvalue weighted by Gasteiger charge is 1.98. The number of ether oxygens (including phenoxy) is 1. The third-order valence-corrected chi connectivity index (χ3v) is 2.46. The van der Waals surface area contributed by atoms with Gasteiger partial charge in [0.1, 0.15) is 5.75 Å². The van der Waals surface area contributed by atoms with Gasteiger partial charge in [-0.15, -0.1) is 0 Å². The van der Waals surface area contributed by atoms with E-state index < -0.39 is 0 Å². The second-order valence-electron chi connectivity index (χ2n) is 3.64. The summed E-state index contributed by atoms with van der Waals surface area (Å²) in [5, 5.41) is 1.10. The van der Waals surface area contributed by atoms with Gasteiger partial charge in [-0.05, 0) is 24.1 Å². The van der Waals surface area contributed by atoms with Crippen molar-refractivity contribution in [2.75, 3.05) is 7.11 Å². The summed E-state index contributed by atoms with van der Waals surface area (Å²) in [6.07, 6.45) is 7.06. The average Bonchev–Trinajstić information content (AvgIpc) is 2.35. The van der Waals surface area contributed by atoms with Gasteiger partial charge in [0.15, 0.2) is 0 Å². The summed E-state index contributed by atoms with van der Waals surface area (Å²) in [5.41, 5.74) is 2.19. The zero-order valence-corrected chi connectivity index (χ0v) is 9.60. The minimum Gasteiger partial charge on any atom is -0.495 e. The molecule has 0 fully saturated rings. The van der Waals surface area contributed by atoms with Crippen LogP contribution in [-0.2, 0) is 0 Å². The van der Waals surface area contributed by atoms with E-state index in [1.165, 1.54) is 5.56 Å². The number of methoxy groups -OCH3 is 1. The van der Waals surface area contributed by atoms with E-state index in [9.17, 15) is 0 Å². The van der Waals surface area contributed by atoms with Crippen molar-refractivity contribution in [1.29, 1.82) is 0 Å². The van der Waals surface area contributed by atoms with Crippen LogP contribution in [0.4, 0.5) is 0 Å². The standard InChI is InChI=1S/C14H15NO/c1-3-4-5-11-6-7-12-9-13(16-2)10-15-14(12)8-11/h4-10H,3H2,1-2H3/b5-4+. The summed E-state index contributed by atoms with van der Waals surface area (Å²) < 4.78 is 5.14. The summed E-state index contributed by atoms with van der Waals surface area (Å²) in [7, 11) is 1.65. The van der Waals surface area contributed by atoms with E-state index in [2.05, 4.69) is 42.3 Å². The van der Waals surface area contributed by atoms with Crippen molar-refractivity contribution >= 4 is 17.0 Å². The molecule has 1 heterocycles. The monoisotopic (exact) mass is 213 g/mol.